The van der Waals surface area contributed by atoms with E-state index in [9.17, 15) is 14.7 Å². The fourth-order valence-corrected chi connectivity index (χ4v) is 3.57. The molecule has 0 spiro atoms. The fraction of sp³-hybridized carbons (Fsp3) is 0.350. The van der Waals surface area contributed by atoms with Crippen LogP contribution >= 0.6 is 0 Å². The Hall–Kier alpha value is -3.49. The molecule has 1 aliphatic heterocycles. The Kier molecular flexibility index (Phi) is 4.65. The van der Waals surface area contributed by atoms with E-state index < -0.39 is 17.9 Å². The van der Waals surface area contributed by atoms with Crippen molar-refractivity contribution in [2.75, 3.05) is 0 Å². The molecule has 3 aromatic rings. The smallest absolute Gasteiger partial charge is 0.328 e. The van der Waals surface area contributed by atoms with Crippen LogP contribution in [-0.2, 0) is 17.9 Å². The summed E-state index contributed by atoms with van der Waals surface area (Å²) in [5.74, 6) is -0.162. The second-order valence-electron chi connectivity index (χ2n) is 7.42. The second kappa shape index (κ2) is 7.16. The number of carbonyl (C=O) groups excluding carboxylic acids is 1. The summed E-state index contributed by atoms with van der Waals surface area (Å²) in [5, 5.41) is 22.3. The maximum absolute atomic E-state index is 13.3. The average molecular weight is 394 g/mol. The number of benzene rings is 1. The summed E-state index contributed by atoms with van der Waals surface area (Å²) < 4.78 is 3.48. The van der Waals surface area contributed by atoms with Gasteiger partial charge in [0.1, 0.15) is 11.9 Å². The number of rotatable bonds is 4. The highest BCUT2D eigenvalue weighted by Crippen LogP contribution is 2.24. The van der Waals surface area contributed by atoms with Crippen LogP contribution in [0.2, 0.25) is 0 Å². The highest BCUT2D eigenvalue weighted by Gasteiger charge is 2.38. The Labute approximate surface area is 167 Å². The van der Waals surface area contributed by atoms with Gasteiger partial charge in [-0.05, 0) is 31.0 Å². The van der Waals surface area contributed by atoms with Crippen LogP contribution in [0.25, 0.3) is 5.69 Å². The molecule has 9 heteroatoms. The zero-order chi connectivity index (χ0) is 20.7. The van der Waals surface area contributed by atoms with Gasteiger partial charge in [-0.2, -0.15) is 5.10 Å². The van der Waals surface area contributed by atoms with Gasteiger partial charge in [0, 0.05) is 5.69 Å². The molecule has 1 unspecified atom stereocenters. The number of carboxylic acid groups (broad SMARTS) is 1. The van der Waals surface area contributed by atoms with Crippen molar-refractivity contribution >= 4 is 11.9 Å². The number of carboxylic acids is 1. The molecule has 9 nitrogen and oxygen atoms in total. The predicted molar refractivity (Wildman–Crippen MR) is 104 cm³/mol. The summed E-state index contributed by atoms with van der Waals surface area (Å²) in [5.41, 5.74) is 1.94. The Morgan fingerprint density at radius 2 is 1.90 bits per heavy atom. The maximum Gasteiger partial charge on any atom is 0.328 e. The molecule has 1 aromatic carbocycles. The first-order valence-electron chi connectivity index (χ1n) is 9.44. The lowest BCUT2D eigenvalue weighted by molar-refractivity contribution is -0.143. The minimum Gasteiger partial charge on any atom is -0.480 e. The van der Waals surface area contributed by atoms with Gasteiger partial charge in [-0.25, -0.2) is 9.48 Å². The lowest BCUT2D eigenvalue weighted by atomic mass is 10.1. The number of carbonyl (C=O) groups is 2. The van der Waals surface area contributed by atoms with Crippen molar-refractivity contribution in [2.24, 2.45) is 0 Å². The van der Waals surface area contributed by atoms with Crippen molar-refractivity contribution in [1.82, 2.24) is 29.4 Å². The Morgan fingerprint density at radius 3 is 2.55 bits per heavy atom. The molecule has 4 rings (SSSR count). The third kappa shape index (κ3) is 3.28. The molecule has 0 fully saturated rings. The molecule has 1 amide bonds. The summed E-state index contributed by atoms with van der Waals surface area (Å²) in [4.78, 5) is 26.5. The number of aromatic nitrogens is 5. The van der Waals surface area contributed by atoms with Gasteiger partial charge in [0.05, 0.1) is 18.8 Å². The first-order valence-corrected chi connectivity index (χ1v) is 9.44. The largest absolute Gasteiger partial charge is 0.480 e. The van der Waals surface area contributed by atoms with E-state index in [1.807, 2.05) is 44.2 Å². The van der Waals surface area contributed by atoms with Crippen LogP contribution in [0, 0.1) is 6.92 Å². The van der Waals surface area contributed by atoms with Gasteiger partial charge in [-0.15, -0.1) is 10.2 Å². The minimum absolute atomic E-state index is 0.0752. The molecule has 3 heterocycles. The summed E-state index contributed by atoms with van der Waals surface area (Å²) in [6.45, 7) is 6.01. The summed E-state index contributed by atoms with van der Waals surface area (Å²) in [7, 11) is 0. The molecule has 0 saturated carbocycles. The van der Waals surface area contributed by atoms with E-state index >= 15 is 0 Å². The minimum atomic E-state index is -1.07. The number of aryl methyl sites for hydroxylation is 1. The molecule has 150 valence electrons. The summed E-state index contributed by atoms with van der Waals surface area (Å²) in [6, 6.07) is 10.3. The SMILES string of the molecule is Cc1nnc2n1CC(C(=O)O)N(C(=O)c1cc(C(C)C)n(-c3ccccc3)n1)C2. The first-order chi connectivity index (χ1) is 13.9. The molecular weight excluding hydrogens is 372 g/mol. The van der Waals surface area contributed by atoms with E-state index in [0.29, 0.717) is 11.6 Å². The van der Waals surface area contributed by atoms with E-state index in [-0.39, 0.29) is 24.7 Å². The van der Waals surface area contributed by atoms with Gasteiger partial charge in [0.25, 0.3) is 5.91 Å². The highest BCUT2D eigenvalue weighted by atomic mass is 16.4. The van der Waals surface area contributed by atoms with Gasteiger partial charge < -0.3 is 14.6 Å². The lowest BCUT2D eigenvalue weighted by Gasteiger charge is -2.32. The molecular formula is C20H22N6O3. The first kappa shape index (κ1) is 18.9. The average Bonchev–Trinajstić information content (AvgIpc) is 3.31. The number of amides is 1. The Morgan fingerprint density at radius 1 is 1.17 bits per heavy atom. The van der Waals surface area contributed by atoms with E-state index in [1.54, 1.807) is 22.2 Å². The van der Waals surface area contributed by atoms with Crippen LogP contribution in [0.3, 0.4) is 0 Å². The number of hydrogen-bond donors (Lipinski definition) is 1. The van der Waals surface area contributed by atoms with Crippen molar-refractivity contribution in [2.45, 2.75) is 45.8 Å². The van der Waals surface area contributed by atoms with Crippen LogP contribution in [0.1, 0.15) is 47.6 Å². The zero-order valence-electron chi connectivity index (χ0n) is 16.5. The Bertz CT molecular complexity index is 1070. The number of para-hydroxylation sites is 1. The molecule has 0 aliphatic carbocycles. The topological polar surface area (TPSA) is 106 Å². The van der Waals surface area contributed by atoms with E-state index in [2.05, 4.69) is 15.3 Å². The number of nitrogens with zero attached hydrogens (tertiary/aromatic N) is 6. The van der Waals surface area contributed by atoms with Crippen molar-refractivity contribution in [1.29, 1.82) is 0 Å². The molecule has 0 saturated heterocycles. The second-order valence-corrected chi connectivity index (χ2v) is 7.42. The standard InChI is InChI=1S/C20H22N6O3/c1-12(2)16-9-15(23-26(16)14-7-5-4-6-8-14)19(27)25-11-18-22-21-13(3)24(18)10-17(25)20(28)29/h4-9,12,17H,10-11H2,1-3H3,(H,28,29). The molecule has 2 aromatic heterocycles. The number of aliphatic carboxylic acids is 1. The molecule has 1 atom stereocenters. The normalized spacial score (nSPS) is 16.1. The molecule has 1 N–H and O–H groups in total. The summed E-state index contributed by atoms with van der Waals surface area (Å²) in [6.07, 6.45) is 0. The van der Waals surface area contributed by atoms with Crippen molar-refractivity contribution in [3.05, 3.63) is 59.4 Å². The lowest BCUT2D eigenvalue weighted by Crippen LogP contribution is -2.50. The van der Waals surface area contributed by atoms with E-state index in [0.717, 1.165) is 11.4 Å². The fourth-order valence-electron chi connectivity index (χ4n) is 3.57. The van der Waals surface area contributed by atoms with Gasteiger partial charge in [0.15, 0.2) is 11.5 Å². The van der Waals surface area contributed by atoms with Crippen molar-refractivity contribution in [3.8, 4) is 5.69 Å². The summed E-state index contributed by atoms with van der Waals surface area (Å²) >= 11 is 0. The Balaban J connectivity index is 1.73. The van der Waals surface area contributed by atoms with Gasteiger partial charge in [-0.3, -0.25) is 4.79 Å². The van der Waals surface area contributed by atoms with E-state index in [1.165, 1.54) is 4.90 Å². The van der Waals surface area contributed by atoms with Crippen LogP contribution in [-0.4, -0.2) is 52.5 Å². The van der Waals surface area contributed by atoms with Crippen LogP contribution in [0.15, 0.2) is 36.4 Å². The number of fused-ring (bicyclic) bond motifs is 1. The predicted octanol–water partition coefficient (Wildman–Crippen LogP) is 2.00. The van der Waals surface area contributed by atoms with Crippen LogP contribution in [0.4, 0.5) is 0 Å². The molecule has 0 bridgehead atoms. The van der Waals surface area contributed by atoms with Crippen molar-refractivity contribution < 1.29 is 14.7 Å². The zero-order valence-corrected chi connectivity index (χ0v) is 16.5. The maximum atomic E-state index is 13.3. The highest BCUT2D eigenvalue weighted by molar-refractivity contribution is 5.95. The van der Waals surface area contributed by atoms with Crippen molar-refractivity contribution in [3.63, 3.8) is 0 Å². The van der Waals surface area contributed by atoms with Crippen LogP contribution < -0.4 is 0 Å². The molecule has 29 heavy (non-hydrogen) atoms. The van der Waals surface area contributed by atoms with Gasteiger partial charge >= 0.3 is 5.97 Å². The van der Waals surface area contributed by atoms with Gasteiger partial charge in [0.2, 0.25) is 0 Å². The van der Waals surface area contributed by atoms with E-state index in [4.69, 9.17) is 0 Å². The monoisotopic (exact) mass is 394 g/mol. The molecule has 0 radical (unpaired) electrons. The third-order valence-corrected chi connectivity index (χ3v) is 5.15. The molecule has 1 aliphatic rings. The quantitative estimate of drug-likeness (QED) is 0.725. The van der Waals surface area contributed by atoms with Crippen LogP contribution in [0.5, 0.6) is 0 Å². The number of hydrogen-bond acceptors (Lipinski definition) is 5. The van der Waals surface area contributed by atoms with Gasteiger partial charge in [-0.1, -0.05) is 32.0 Å². The third-order valence-electron chi connectivity index (χ3n) is 5.15.